The Labute approximate surface area is 132 Å². The van der Waals surface area contributed by atoms with E-state index in [-0.39, 0.29) is 29.2 Å². The lowest BCUT2D eigenvalue weighted by Crippen LogP contribution is -3.04. The highest BCUT2D eigenvalue weighted by atomic mass is 16.5. The van der Waals surface area contributed by atoms with Gasteiger partial charge in [-0.25, -0.2) is 4.98 Å². The molecule has 0 saturated heterocycles. The summed E-state index contributed by atoms with van der Waals surface area (Å²) in [6.45, 7) is 4.90. The van der Waals surface area contributed by atoms with Crippen molar-refractivity contribution >= 4 is 17.5 Å². The number of aliphatic hydroxyl groups is 1. The van der Waals surface area contributed by atoms with Crippen molar-refractivity contribution < 1.29 is 15.0 Å². The first-order valence-electron chi connectivity index (χ1n) is 7.16. The number of carbonyl (C=O) groups is 1. The van der Waals surface area contributed by atoms with E-state index in [4.69, 9.17) is 0 Å². The first kappa shape index (κ1) is 15.5. The maximum Gasteiger partial charge on any atom is 0.281 e. The topological polar surface area (TPSA) is 116 Å². The standard InChI is InChI=1S/C15H17N5O3/c1-8-9(4-5-11(17-8)15(2,3)22)10-6-16-13-14(18-10)20(23)7-12(21)19-13/h4-6,20,22H,7H2,1-3H3,(H,16,19,21). The minimum absolute atomic E-state index is 0.160. The van der Waals surface area contributed by atoms with Crippen LogP contribution in [-0.4, -0.2) is 32.5 Å². The summed E-state index contributed by atoms with van der Waals surface area (Å²) in [4.78, 5) is 24.2. The maximum absolute atomic E-state index is 11.9. The van der Waals surface area contributed by atoms with Crippen LogP contribution in [0.2, 0.25) is 0 Å². The predicted octanol–water partition coefficient (Wildman–Crippen LogP) is 0.0407. The second-order valence-electron chi connectivity index (χ2n) is 5.99. The second-order valence-corrected chi connectivity index (χ2v) is 5.99. The molecule has 0 spiro atoms. The number of fused-ring (bicyclic) bond motifs is 1. The van der Waals surface area contributed by atoms with Gasteiger partial charge in [0.15, 0.2) is 6.54 Å². The summed E-state index contributed by atoms with van der Waals surface area (Å²) in [5.41, 5.74) is 1.41. The number of anilines is 1. The minimum atomic E-state index is -1.04. The molecule has 0 bridgehead atoms. The van der Waals surface area contributed by atoms with E-state index in [9.17, 15) is 15.1 Å². The number of hydrogen-bond donors (Lipinski definition) is 3. The number of hydrogen-bond acceptors (Lipinski definition) is 6. The summed E-state index contributed by atoms with van der Waals surface area (Å²) in [6.07, 6.45) is 1.49. The van der Waals surface area contributed by atoms with Crippen molar-refractivity contribution in [1.29, 1.82) is 0 Å². The average Bonchev–Trinajstić information content (AvgIpc) is 2.46. The molecule has 120 valence electrons. The molecule has 8 nitrogen and oxygen atoms in total. The Morgan fingerprint density at radius 2 is 2.09 bits per heavy atom. The molecule has 2 aromatic rings. The van der Waals surface area contributed by atoms with Crippen molar-refractivity contribution in [2.45, 2.75) is 26.4 Å². The second kappa shape index (κ2) is 5.34. The van der Waals surface area contributed by atoms with Crippen LogP contribution in [0, 0.1) is 12.1 Å². The summed E-state index contributed by atoms with van der Waals surface area (Å²) in [7, 11) is 0. The van der Waals surface area contributed by atoms with E-state index >= 15 is 0 Å². The van der Waals surface area contributed by atoms with Gasteiger partial charge >= 0.3 is 0 Å². The Hall–Kier alpha value is -2.42. The fraction of sp³-hybridized carbons (Fsp3) is 0.333. The highest BCUT2D eigenvalue weighted by Crippen LogP contribution is 2.26. The van der Waals surface area contributed by atoms with Crippen molar-refractivity contribution in [2.75, 3.05) is 11.9 Å². The number of carbonyl (C=O) groups excluding carboxylic acids is 1. The Morgan fingerprint density at radius 1 is 1.35 bits per heavy atom. The zero-order valence-corrected chi connectivity index (χ0v) is 13.0. The lowest BCUT2D eigenvalue weighted by atomic mass is 10.0. The largest absolute Gasteiger partial charge is 0.627 e. The number of rotatable bonds is 2. The van der Waals surface area contributed by atoms with Crippen LogP contribution in [0.1, 0.15) is 25.2 Å². The van der Waals surface area contributed by atoms with Gasteiger partial charge in [0.1, 0.15) is 5.60 Å². The number of pyridine rings is 1. The third-order valence-electron chi connectivity index (χ3n) is 3.60. The summed E-state index contributed by atoms with van der Waals surface area (Å²) < 4.78 is 0. The molecule has 8 heteroatoms. The fourth-order valence-electron chi connectivity index (χ4n) is 2.38. The van der Waals surface area contributed by atoms with Crippen molar-refractivity contribution in [1.82, 2.24) is 15.0 Å². The first-order chi connectivity index (χ1) is 10.8. The van der Waals surface area contributed by atoms with Crippen LogP contribution < -0.4 is 10.4 Å². The molecule has 1 atom stereocenters. The van der Waals surface area contributed by atoms with Crippen molar-refractivity contribution in [3.63, 3.8) is 0 Å². The third-order valence-corrected chi connectivity index (χ3v) is 3.60. The van der Waals surface area contributed by atoms with Crippen LogP contribution in [-0.2, 0) is 10.4 Å². The quantitative estimate of drug-likeness (QED) is 0.674. The summed E-state index contributed by atoms with van der Waals surface area (Å²) in [6, 6.07) is 3.50. The minimum Gasteiger partial charge on any atom is -0.627 e. The number of amides is 1. The van der Waals surface area contributed by atoms with E-state index in [0.717, 1.165) is 5.56 Å². The molecule has 3 N–H and O–H groups in total. The molecule has 1 unspecified atom stereocenters. The molecule has 0 saturated carbocycles. The number of nitrogens with zero attached hydrogens (tertiary/aromatic N) is 3. The van der Waals surface area contributed by atoms with Gasteiger partial charge < -0.3 is 15.4 Å². The fourth-order valence-corrected chi connectivity index (χ4v) is 2.38. The van der Waals surface area contributed by atoms with E-state index < -0.39 is 5.60 Å². The van der Waals surface area contributed by atoms with Gasteiger partial charge in [0.25, 0.3) is 11.7 Å². The molecular formula is C15H17N5O3. The SMILES string of the molecule is Cc1nc(C(C)(C)O)ccc1-c1cnc2c(n1)[NH+]([O-])CC(=O)N2. The van der Waals surface area contributed by atoms with Crippen LogP contribution in [0.4, 0.5) is 11.6 Å². The number of quaternary nitrogens is 1. The molecule has 1 aliphatic heterocycles. The molecule has 0 fully saturated rings. The number of hydroxylamine groups is 1. The Balaban J connectivity index is 2.03. The predicted molar refractivity (Wildman–Crippen MR) is 82.7 cm³/mol. The molecule has 0 aromatic carbocycles. The maximum atomic E-state index is 11.9. The van der Waals surface area contributed by atoms with E-state index in [0.29, 0.717) is 17.1 Å². The van der Waals surface area contributed by atoms with Gasteiger partial charge in [0.2, 0.25) is 5.82 Å². The van der Waals surface area contributed by atoms with Gasteiger partial charge in [0.05, 0.1) is 17.6 Å². The lowest BCUT2D eigenvalue weighted by Gasteiger charge is -2.26. The van der Waals surface area contributed by atoms with Gasteiger partial charge in [-0.2, -0.15) is 4.98 Å². The normalized spacial score (nSPS) is 17.6. The summed E-state index contributed by atoms with van der Waals surface area (Å²) >= 11 is 0. The van der Waals surface area contributed by atoms with Gasteiger partial charge in [0, 0.05) is 11.3 Å². The molecule has 3 heterocycles. The van der Waals surface area contributed by atoms with Crippen LogP contribution in [0.25, 0.3) is 11.3 Å². The van der Waals surface area contributed by atoms with E-state index in [1.165, 1.54) is 6.20 Å². The van der Waals surface area contributed by atoms with Crippen LogP contribution in [0.3, 0.4) is 0 Å². The van der Waals surface area contributed by atoms with Crippen LogP contribution in [0.5, 0.6) is 0 Å². The lowest BCUT2D eigenvalue weighted by molar-refractivity contribution is -0.769. The first-order valence-corrected chi connectivity index (χ1v) is 7.16. The van der Waals surface area contributed by atoms with Crippen molar-refractivity contribution in [3.05, 3.63) is 34.9 Å². The average molecular weight is 315 g/mol. The molecular weight excluding hydrogens is 298 g/mol. The zero-order valence-electron chi connectivity index (χ0n) is 13.0. The van der Waals surface area contributed by atoms with Gasteiger partial charge in [-0.1, -0.05) is 0 Å². The van der Waals surface area contributed by atoms with E-state index in [2.05, 4.69) is 20.3 Å². The van der Waals surface area contributed by atoms with Crippen molar-refractivity contribution in [2.24, 2.45) is 0 Å². The van der Waals surface area contributed by atoms with Gasteiger partial charge in [-0.15, -0.1) is 0 Å². The number of aromatic nitrogens is 3. The highest BCUT2D eigenvalue weighted by Gasteiger charge is 2.26. The Morgan fingerprint density at radius 3 is 2.74 bits per heavy atom. The smallest absolute Gasteiger partial charge is 0.281 e. The molecule has 0 aliphatic carbocycles. The monoisotopic (exact) mass is 315 g/mol. The molecule has 23 heavy (non-hydrogen) atoms. The number of aryl methyl sites for hydroxylation is 1. The summed E-state index contributed by atoms with van der Waals surface area (Å²) in [5, 5.41) is 24.1. The van der Waals surface area contributed by atoms with E-state index in [1.54, 1.807) is 32.9 Å². The molecule has 1 aliphatic rings. The zero-order chi connectivity index (χ0) is 16.8. The van der Waals surface area contributed by atoms with Crippen LogP contribution in [0.15, 0.2) is 18.3 Å². The Kier molecular flexibility index (Phi) is 3.59. The van der Waals surface area contributed by atoms with Crippen molar-refractivity contribution in [3.8, 4) is 11.3 Å². The molecule has 1 amide bonds. The Bertz CT molecular complexity index is 785. The third kappa shape index (κ3) is 2.91. The molecule has 0 radical (unpaired) electrons. The highest BCUT2D eigenvalue weighted by molar-refractivity contribution is 5.94. The van der Waals surface area contributed by atoms with Gasteiger partial charge in [-0.05, 0) is 32.9 Å². The van der Waals surface area contributed by atoms with Crippen LogP contribution >= 0.6 is 0 Å². The van der Waals surface area contributed by atoms with E-state index in [1.807, 2.05) is 0 Å². The summed E-state index contributed by atoms with van der Waals surface area (Å²) in [5.74, 6) is -0.0290. The molecule has 2 aromatic heterocycles. The van der Waals surface area contributed by atoms with Gasteiger partial charge in [-0.3, -0.25) is 15.1 Å². The molecule has 3 rings (SSSR count). The number of nitrogens with one attached hydrogen (secondary N) is 2.